The molecule has 0 saturated heterocycles. The van der Waals surface area contributed by atoms with E-state index < -0.39 is 15.9 Å². The maximum Gasteiger partial charge on any atom is 0.262 e. The molecule has 0 fully saturated rings. The third-order valence-corrected chi connectivity index (χ3v) is 6.72. The van der Waals surface area contributed by atoms with Crippen LogP contribution in [0.5, 0.6) is 11.5 Å². The number of benzene rings is 1. The lowest BCUT2D eigenvalue weighted by molar-refractivity contribution is -0.214. The zero-order valence-electron chi connectivity index (χ0n) is 13.7. The lowest BCUT2D eigenvalue weighted by atomic mass is 10.1. The smallest absolute Gasteiger partial charge is 0.262 e. The highest BCUT2D eigenvalue weighted by molar-refractivity contribution is 7.93. The standard InChI is InChI=1S/C16H18N2O5S2/c1-22-11-7-6-9(8-12(11)23-2)25(20,21)18-16-14(15(17)19)10-4-3-5-13(10)24-16/h6-8,18H,3-5H2,1-2H3,(H2,17,19)/p-1. The summed E-state index contributed by atoms with van der Waals surface area (Å²) in [5.74, 6) is -0.168. The Kier molecular flexibility index (Phi) is 4.61. The van der Waals surface area contributed by atoms with E-state index in [9.17, 15) is 13.5 Å². The Morgan fingerprint density at radius 3 is 2.60 bits per heavy atom. The summed E-state index contributed by atoms with van der Waals surface area (Å²) in [6.45, 7) is 0. The summed E-state index contributed by atoms with van der Waals surface area (Å²) < 4.78 is 38.1. The summed E-state index contributed by atoms with van der Waals surface area (Å²) in [5, 5.41) is 19.4. The largest absolute Gasteiger partial charge is 0.859 e. The molecule has 1 aliphatic carbocycles. The average Bonchev–Trinajstić information content (AvgIpc) is 3.13. The van der Waals surface area contributed by atoms with Gasteiger partial charge in [0.2, 0.25) is 0 Å². The van der Waals surface area contributed by atoms with Crippen LogP contribution in [-0.2, 0) is 22.9 Å². The number of nitrogens with one attached hydrogen (secondary N) is 2. The van der Waals surface area contributed by atoms with Gasteiger partial charge < -0.3 is 20.0 Å². The topological polar surface area (TPSA) is 112 Å². The van der Waals surface area contributed by atoms with Gasteiger partial charge in [0.05, 0.1) is 19.1 Å². The molecule has 0 spiro atoms. The Bertz CT molecular complexity index is 934. The molecule has 1 aromatic heterocycles. The number of methoxy groups -OCH3 is 2. The van der Waals surface area contributed by atoms with Crippen molar-refractivity contribution in [2.75, 3.05) is 18.9 Å². The maximum atomic E-state index is 12.7. The van der Waals surface area contributed by atoms with Crippen molar-refractivity contribution >= 4 is 32.3 Å². The van der Waals surface area contributed by atoms with Crippen LogP contribution in [0.1, 0.15) is 22.4 Å². The van der Waals surface area contributed by atoms with Crippen LogP contribution in [0.15, 0.2) is 23.1 Å². The molecule has 9 heteroatoms. The van der Waals surface area contributed by atoms with Gasteiger partial charge in [-0.3, -0.25) is 4.72 Å². The average molecular weight is 381 g/mol. The van der Waals surface area contributed by atoms with Gasteiger partial charge in [0, 0.05) is 16.5 Å². The summed E-state index contributed by atoms with van der Waals surface area (Å²) in [5.41, 5.74) is 0.969. The maximum absolute atomic E-state index is 12.7. The molecule has 0 bridgehead atoms. The molecule has 0 radical (unpaired) electrons. The fraction of sp³-hybridized carbons (Fsp3) is 0.312. The third-order valence-electron chi connectivity index (χ3n) is 4.04. The number of rotatable bonds is 6. The lowest BCUT2D eigenvalue weighted by Gasteiger charge is -2.14. The fourth-order valence-corrected chi connectivity index (χ4v) is 5.49. The van der Waals surface area contributed by atoms with E-state index in [-0.39, 0.29) is 21.2 Å². The first-order valence-corrected chi connectivity index (χ1v) is 9.82. The summed E-state index contributed by atoms with van der Waals surface area (Å²) >= 11 is 1.23. The molecule has 0 atom stereocenters. The Morgan fingerprint density at radius 1 is 1.24 bits per heavy atom. The van der Waals surface area contributed by atoms with Gasteiger partial charge in [-0.1, -0.05) is 0 Å². The van der Waals surface area contributed by atoms with Crippen molar-refractivity contribution in [2.24, 2.45) is 0 Å². The third kappa shape index (κ3) is 3.16. The highest BCUT2D eigenvalue weighted by atomic mass is 32.2. The zero-order chi connectivity index (χ0) is 18.2. The predicted molar refractivity (Wildman–Crippen MR) is 93.5 cm³/mol. The van der Waals surface area contributed by atoms with Crippen molar-refractivity contribution in [2.45, 2.75) is 24.2 Å². The second-order valence-corrected chi connectivity index (χ2v) is 8.30. The number of anilines is 1. The Hall–Kier alpha value is -2.26. The van der Waals surface area contributed by atoms with Crippen LogP contribution in [0, 0.1) is 5.41 Å². The molecule has 25 heavy (non-hydrogen) atoms. The minimum Gasteiger partial charge on any atom is -0.859 e. The molecule has 134 valence electrons. The summed E-state index contributed by atoms with van der Waals surface area (Å²) in [6, 6.07) is 4.25. The van der Waals surface area contributed by atoms with Crippen molar-refractivity contribution in [1.29, 1.82) is 5.41 Å². The van der Waals surface area contributed by atoms with Gasteiger partial charge in [0.25, 0.3) is 10.0 Å². The Morgan fingerprint density at radius 2 is 1.96 bits per heavy atom. The number of hydrogen-bond acceptors (Lipinski definition) is 7. The molecule has 0 amide bonds. The molecular formula is C16H17N2O5S2-. The molecular weight excluding hydrogens is 364 g/mol. The second-order valence-electron chi connectivity index (χ2n) is 5.51. The van der Waals surface area contributed by atoms with E-state index in [0.29, 0.717) is 12.2 Å². The van der Waals surface area contributed by atoms with Crippen LogP contribution in [0.4, 0.5) is 5.00 Å². The highest BCUT2D eigenvalue weighted by Gasteiger charge is 2.25. The zero-order valence-corrected chi connectivity index (χ0v) is 15.3. The van der Waals surface area contributed by atoms with Crippen LogP contribution in [0.25, 0.3) is 0 Å². The monoisotopic (exact) mass is 381 g/mol. The Balaban J connectivity index is 1.99. The van der Waals surface area contributed by atoms with Gasteiger partial charge in [0.1, 0.15) is 5.00 Å². The van der Waals surface area contributed by atoms with E-state index in [2.05, 4.69) is 4.72 Å². The van der Waals surface area contributed by atoms with Crippen LogP contribution < -0.4 is 19.3 Å². The number of hydrogen-bond donors (Lipinski definition) is 2. The van der Waals surface area contributed by atoms with Crippen molar-refractivity contribution in [3.63, 3.8) is 0 Å². The molecule has 0 aliphatic heterocycles. The molecule has 1 aliphatic rings. The van der Waals surface area contributed by atoms with Gasteiger partial charge in [-0.25, -0.2) is 8.42 Å². The number of sulfonamides is 1. The van der Waals surface area contributed by atoms with Crippen molar-refractivity contribution < 1.29 is 23.0 Å². The summed E-state index contributed by atoms with van der Waals surface area (Å²) in [4.78, 5) is 0.961. The van der Waals surface area contributed by atoms with E-state index in [0.717, 1.165) is 23.3 Å². The SMILES string of the molecule is COc1ccc(S(=O)(=O)Nc2sc3c(c2C(=N)[O-])CCC3)cc1OC. The van der Waals surface area contributed by atoms with Crippen molar-refractivity contribution in [3.05, 3.63) is 34.2 Å². The molecule has 1 aromatic carbocycles. The summed E-state index contributed by atoms with van der Waals surface area (Å²) in [6.07, 6.45) is 2.42. The summed E-state index contributed by atoms with van der Waals surface area (Å²) in [7, 11) is -1.04. The van der Waals surface area contributed by atoms with Crippen LogP contribution in [0.2, 0.25) is 0 Å². The van der Waals surface area contributed by atoms with Crippen LogP contribution in [-0.4, -0.2) is 28.5 Å². The predicted octanol–water partition coefficient (Wildman–Crippen LogP) is 1.74. The molecule has 0 unspecified atom stereocenters. The van der Waals surface area contributed by atoms with E-state index in [1.807, 2.05) is 0 Å². The van der Waals surface area contributed by atoms with Crippen LogP contribution in [0.3, 0.4) is 0 Å². The van der Waals surface area contributed by atoms with Gasteiger partial charge >= 0.3 is 0 Å². The molecule has 2 aromatic rings. The highest BCUT2D eigenvalue weighted by Crippen LogP contribution is 2.40. The first-order chi connectivity index (χ1) is 11.9. The van der Waals surface area contributed by atoms with E-state index in [1.54, 1.807) is 0 Å². The number of fused-ring (bicyclic) bond motifs is 1. The Labute approximate surface area is 149 Å². The minimum absolute atomic E-state index is 0.0120. The number of aryl methyl sites for hydroxylation is 1. The molecule has 0 saturated carbocycles. The molecule has 1 heterocycles. The quantitative estimate of drug-likeness (QED) is 0.585. The van der Waals surface area contributed by atoms with Gasteiger partial charge in [-0.05, 0) is 42.9 Å². The van der Waals surface area contributed by atoms with Crippen molar-refractivity contribution in [1.82, 2.24) is 0 Å². The van der Waals surface area contributed by atoms with E-state index in [4.69, 9.17) is 14.9 Å². The van der Waals surface area contributed by atoms with Gasteiger partial charge in [0.15, 0.2) is 11.5 Å². The first kappa shape index (κ1) is 17.6. The number of thiophene rings is 1. The van der Waals surface area contributed by atoms with Gasteiger partial charge in [-0.15, -0.1) is 11.3 Å². The normalized spacial score (nSPS) is 13.4. The molecule has 2 N–H and O–H groups in total. The minimum atomic E-state index is -3.93. The number of ether oxygens (including phenoxy) is 2. The van der Waals surface area contributed by atoms with E-state index >= 15 is 0 Å². The van der Waals surface area contributed by atoms with Gasteiger partial charge in [-0.2, -0.15) is 0 Å². The molecule has 7 nitrogen and oxygen atoms in total. The van der Waals surface area contributed by atoms with E-state index in [1.165, 1.54) is 43.8 Å². The van der Waals surface area contributed by atoms with Crippen molar-refractivity contribution in [3.8, 4) is 11.5 Å². The van der Waals surface area contributed by atoms with Crippen LogP contribution >= 0.6 is 11.3 Å². The molecule has 3 rings (SSSR count). The second kappa shape index (κ2) is 6.57. The first-order valence-electron chi connectivity index (χ1n) is 7.52. The fourth-order valence-electron chi connectivity index (χ4n) is 2.88. The lowest BCUT2D eigenvalue weighted by Crippen LogP contribution is -2.21.